The van der Waals surface area contributed by atoms with E-state index in [1.54, 1.807) is 0 Å². The van der Waals surface area contributed by atoms with Crippen molar-refractivity contribution in [1.82, 2.24) is 10.2 Å². The van der Waals surface area contributed by atoms with Gasteiger partial charge in [-0.3, -0.25) is 5.10 Å². The number of aromatic nitrogens is 2. The van der Waals surface area contributed by atoms with Crippen LogP contribution in [0.5, 0.6) is 0 Å². The van der Waals surface area contributed by atoms with Gasteiger partial charge in [-0.25, -0.2) is 0 Å². The van der Waals surface area contributed by atoms with Gasteiger partial charge in [-0.05, 0) is 37.0 Å². The number of nitrogens with one attached hydrogen (secondary N) is 1. The molecule has 2 heteroatoms. The molecule has 2 rings (SSSR count). The second-order valence-corrected chi connectivity index (χ2v) is 4.35. The Hall–Kier alpha value is -2.01. The van der Waals surface area contributed by atoms with Crippen LogP contribution in [0, 0.1) is 11.8 Å². The van der Waals surface area contributed by atoms with Crippen molar-refractivity contribution in [1.29, 1.82) is 0 Å². The molecule has 0 aliphatic carbocycles. The summed E-state index contributed by atoms with van der Waals surface area (Å²) in [5.74, 6) is 6.22. The number of H-pyrrole nitrogens is 1. The number of aryl methyl sites for hydroxylation is 1. The van der Waals surface area contributed by atoms with Crippen molar-refractivity contribution in [3.63, 3.8) is 0 Å². The van der Waals surface area contributed by atoms with E-state index in [1.165, 1.54) is 19.3 Å². The minimum Gasteiger partial charge on any atom is -0.270 e. The van der Waals surface area contributed by atoms with E-state index in [0.717, 1.165) is 23.4 Å². The Balaban J connectivity index is 1.97. The zero-order valence-electron chi connectivity index (χ0n) is 10.7. The van der Waals surface area contributed by atoms with E-state index >= 15 is 0 Å². The van der Waals surface area contributed by atoms with Crippen molar-refractivity contribution < 1.29 is 0 Å². The van der Waals surface area contributed by atoms with E-state index in [9.17, 15) is 0 Å². The maximum absolute atomic E-state index is 4.27. The van der Waals surface area contributed by atoms with Crippen LogP contribution in [0.1, 0.15) is 43.1 Å². The number of hydrogen-bond acceptors (Lipinski definition) is 1. The molecule has 0 saturated carbocycles. The Labute approximate surface area is 108 Å². The van der Waals surface area contributed by atoms with Crippen LogP contribution in [0.4, 0.5) is 0 Å². The highest BCUT2D eigenvalue weighted by Crippen LogP contribution is 2.05. The first-order chi connectivity index (χ1) is 8.88. The average molecular weight is 238 g/mol. The third-order valence-corrected chi connectivity index (χ3v) is 2.78. The Bertz CT molecular complexity index is 529. The zero-order chi connectivity index (χ0) is 12.6. The van der Waals surface area contributed by atoms with Crippen molar-refractivity contribution in [3.8, 4) is 11.8 Å². The smallest absolute Gasteiger partial charge is 0.108 e. The minimum absolute atomic E-state index is 0.894. The summed E-state index contributed by atoms with van der Waals surface area (Å²) in [4.78, 5) is 0. The molecule has 2 nitrogen and oxygen atoms in total. The number of nitrogens with zero attached hydrogens (tertiary/aromatic N) is 1. The number of rotatable bonds is 4. The molecule has 1 heterocycles. The fraction of sp³-hybridized carbons (Fsp3) is 0.312. The van der Waals surface area contributed by atoms with Crippen LogP contribution >= 0.6 is 0 Å². The maximum Gasteiger partial charge on any atom is 0.108 e. The molecule has 0 saturated heterocycles. The lowest BCUT2D eigenvalue weighted by Crippen LogP contribution is -1.84. The lowest BCUT2D eigenvalue weighted by atomic mass is 10.1. The van der Waals surface area contributed by atoms with Gasteiger partial charge in [0.15, 0.2) is 0 Å². The molecule has 0 fully saturated rings. The van der Waals surface area contributed by atoms with Gasteiger partial charge >= 0.3 is 0 Å². The molecule has 2 aromatic rings. The van der Waals surface area contributed by atoms with E-state index in [1.807, 2.05) is 36.4 Å². The minimum atomic E-state index is 0.894. The molecular weight excluding hydrogens is 220 g/mol. The summed E-state index contributed by atoms with van der Waals surface area (Å²) in [5.41, 5.74) is 3.03. The van der Waals surface area contributed by atoms with Gasteiger partial charge in [-0.1, -0.05) is 43.9 Å². The second-order valence-electron chi connectivity index (χ2n) is 4.35. The van der Waals surface area contributed by atoms with Gasteiger partial charge < -0.3 is 0 Å². The van der Waals surface area contributed by atoms with E-state index in [4.69, 9.17) is 0 Å². The van der Waals surface area contributed by atoms with Crippen LogP contribution in [-0.4, -0.2) is 10.2 Å². The maximum atomic E-state index is 4.27. The molecule has 0 amide bonds. The summed E-state index contributed by atoms with van der Waals surface area (Å²) in [6.45, 7) is 2.21. The lowest BCUT2D eigenvalue weighted by Gasteiger charge is -1.92. The highest BCUT2D eigenvalue weighted by Gasteiger charge is 1.98. The first-order valence-corrected chi connectivity index (χ1v) is 6.50. The topological polar surface area (TPSA) is 28.7 Å². The Morgan fingerprint density at radius 1 is 1.11 bits per heavy atom. The fourth-order valence-electron chi connectivity index (χ4n) is 1.77. The van der Waals surface area contributed by atoms with Crippen molar-refractivity contribution >= 4 is 0 Å². The Kier molecular flexibility index (Phi) is 4.60. The highest BCUT2D eigenvalue weighted by atomic mass is 15.1. The molecule has 0 atom stereocenters. The summed E-state index contributed by atoms with van der Waals surface area (Å²) >= 11 is 0. The summed E-state index contributed by atoms with van der Waals surface area (Å²) in [6, 6.07) is 12.0. The Morgan fingerprint density at radius 2 is 1.94 bits per heavy atom. The quantitative estimate of drug-likeness (QED) is 0.640. The third-order valence-electron chi connectivity index (χ3n) is 2.78. The fourth-order valence-corrected chi connectivity index (χ4v) is 1.77. The third kappa shape index (κ3) is 3.78. The predicted molar refractivity (Wildman–Crippen MR) is 74.2 cm³/mol. The van der Waals surface area contributed by atoms with Gasteiger partial charge in [-0.2, -0.15) is 5.10 Å². The van der Waals surface area contributed by atoms with E-state index in [-0.39, 0.29) is 0 Å². The van der Waals surface area contributed by atoms with Crippen LogP contribution < -0.4 is 0 Å². The molecule has 0 aliphatic heterocycles. The molecule has 92 valence electrons. The van der Waals surface area contributed by atoms with Crippen molar-refractivity contribution in [2.75, 3.05) is 0 Å². The van der Waals surface area contributed by atoms with Crippen molar-refractivity contribution in [3.05, 3.63) is 53.3 Å². The summed E-state index contributed by atoms with van der Waals surface area (Å²) in [7, 11) is 0. The second kappa shape index (κ2) is 6.66. The predicted octanol–water partition coefficient (Wildman–Crippen LogP) is 3.54. The van der Waals surface area contributed by atoms with E-state index in [0.29, 0.717) is 0 Å². The van der Waals surface area contributed by atoms with Gasteiger partial charge in [0, 0.05) is 5.56 Å². The normalized spacial score (nSPS) is 9.83. The monoisotopic (exact) mass is 238 g/mol. The van der Waals surface area contributed by atoms with Gasteiger partial charge in [0.25, 0.3) is 0 Å². The molecule has 0 aliphatic rings. The average Bonchev–Trinajstić information content (AvgIpc) is 2.86. The molecule has 1 aromatic heterocycles. The van der Waals surface area contributed by atoms with Gasteiger partial charge in [0.2, 0.25) is 0 Å². The molecule has 0 radical (unpaired) electrons. The van der Waals surface area contributed by atoms with Crippen molar-refractivity contribution in [2.24, 2.45) is 0 Å². The van der Waals surface area contributed by atoms with E-state index in [2.05, 4.69) is 29.0 Å². The van der Waals surface area contributed by atoms with Crippen LogP contribution in [0.15, 0.2) is 36.4 Å². The van der Waals surface area contributed by atoms with Crippen molar-refractivity contribution in [2.45, 2.75) is 32.6 Å². The molecule has 1 N–H and O–H groups in total. The summed E-state index contributed by atoms with van der Waals surface area (Å²) < 4.78 is 0. The number of hydrogen-bond donors (Lipinski definition) is 1. The SMILES string of the molecule is CCCCCc1cc(C#Cc2ccccc2)[nH]n1. The first-order valence-electron chi connectivity index (χ1n) is 6.50. The summed E-state index contributed by atoms with van der Waals surface area (Å²) in [6.07, 6.45) is 4.74. The molecule has 18 heavy (non-hydrogen) atoms. The van der Waals surface area contributed by atoms with Gasteiger partial charge in [0.05, 0.1) is 5.69 Å². The molecule has 0 spiro atoms. The standard InChI is InChI=1S/C16H18N2/c1-2-3-5-10-15-13-16(18-17-15)12-11-14-8-6-4-7-9-14/h4,6-9,13H,2-3,5,10H2,1H3,(H,17,18). The van der Waals surface area contributed by atoms with Crippen LogP contribution in [0.2, 0.25) is 0 Å². The lowest BCUT2D eigenvalue weighted by molar-refractivity contribution is 0.705. The van der Waals surface area contributed by atoms with Crippen LogP contribution in [0.25, 0.3) is 0 Å². The van der Waals surface area contributed by atoms with Crippen LogP contribution in [-0.2, 0) is 6.42 Å². The molecule has 0 bridgehead atoms. The van der Waals surface area contributed by atoms with Crippen LogP contribution in [0.3, 0.4) is 0 Å². The summed E-state index contributed by atoms with van der Waals surface area (Å²) in [5, 5.41) is 7.25. The number of aromatic amines is 1. The largest absolute Gasteiger partial charge is 0.270 e. The highest BCUT2D eigenvalue weighted by molar-refractivity contribution is 5.39. The number of benzene rings is 1. The molecule has 0 unspecified atom stereocenters. The molecule has 1 aromatic carbocycles. The van der Waals surface area contributed by atoms with Gasteiger partial charge in [-0.15, -0.1) is 0 Å². The molecular formula is C16H18N2. The van der Waals surface area contributed by atoms with Gasteiger partial charge in [0.1, 0.15) is 5.69 Å². The first kappa shape index (κ1) is 12.4. The van der Waals surface area contributed by atoms with E-state index < -0.39 is 0 Å². The zero-order valence-corrected chi connectivity index (χ0v) is 10.7. The number of unbranched alkanes of at least 4 members (excludes halogenated alkanes) is 2. The Morgan fingerprint density at radius 3 is 2.72 bits per heavy atom.